The normalized spacial score (nSPS) is 12.6. The van der Waals surface area contributed by atoms with Gasteiger partial charge in [-0.2, -0.15) is 0 Å². The fraction of sp³-hybridized carbons (Fsp3) is 0.125. The van der Waals surface area contributed by atoms with E-state index in [2.05, 4.69) is 0 Å². The molecule has 1 nitrogen and oxygen atoms in total. The second-order valence-corrected chi connectivity index (χ2v) is 6.02. The summed E-state index contributed by atoms with van der Waals surface area (Å²) in [5, 5.41) is 0.784. The first kappa shape index (κ1) is 13.4. The van der Waals surface area contributed by atoms with Crippen molar-refractivity contribution in [3.63, 3.8) is 0 Å². The Hall–Kier alpha value is -1.58. The molecule has 1 aromatic heterocycles. The van der Waals surface area contributed by atoms with Crippen LogP contribution < -0.4 is 4.74 Å². The maximum Gasteiger partial charge on any atom is 0.124 e. The first-order valence-corrected chi connectivity index (χ1v) is 7.39. The zero-order valence-electron chi connectivity index (χ0n) is 10.8. The molecule has 0 N–H and O–H groups in total. The number of ether oxygens (including phenoxy) is 1. The van der Waals surface area contributed by atoms with Gasteiger partial charge in [0.25, 0.3) is 0 Å². The highest BCUT2D eigenvalue weighted by Gasteiger charge is 2.14. The topological polar surface area (TPSA) is 9.23 Å². The van der Waals surface area contributed by atoms with Crippen LogP contribution in [-0.2, 0) is 0 Å². The van der Waals surface area contributed by atoms with Crippen molar-refractivity contribution in [1.82, 2.24) is 0 Å². The highest BCUT2D eigenvalue weighted by atomic mass is 35.5. The van der Waals surface area contributed by atoms with Crippen LogP contribution in [0.2, 0.25) is 0 Å². The minimum atomic E-state index is -0.235. The highest BCUT2D eigenvalue weighted by Crippen LogP contribution is 2.37. The molecule has 1 atom stereocenters. The molecule has 0 saturated carbocycles. The molecule has 0 fully saturated rings. The molecule has 2 aromatic carbocycles. The lowest BCUT2D eigenvalue weighted by Gasteiger charge is -2.08. The van der Waals surface area contributed by atoms with Crippen molar-refractivity contribution in [2.75, 3.05) is 7.11 Å². The fourth-order valence-electron chi connectivity index (χ4n) is 2.09. The zero-order valence-corrected chi connectivity index (χ0v) is 12.3. The van der Waals surface area contributed by atoms with Gasteiger partial charge in [0.1, 0.15) is 11.6 Å². The van der Waals surface area contributed by atoms with Crippen LogP contribution in [0.25, 0.3) is 10.1 Å². The second kappa shape index (κ2) is 5.43. The van der Waals surface area contributed by atoms with E-state index in [-0.39, 0.29) is 11.2 Å². The Labute approximate surface area is 125 Å². The van der Waals surface area contributed by atoms with Crippen molar-refractivity contribution in [1.29, 1.82) is 0 Å². The summed E-state index contributed by atoms with van der Waals surface area (Å²) >= 11 is 8.04. The molecule has 0 amide bonds. The van der Waals surface area contributed by atoms with Crippen molar-refractivity contribution >= 4 is 33.0 Å². The van der Waals surface area contributed by atoms with Gasteiger partial charge in [0.05, 0.1) is 12.5 Å². The van der Waals surface area contributed by atoms with Gasteiger partial charge >= 0.3 is 0 Å². The lowest BCUT2D eigenvalue weighted by molar-refractivity contribution is 0.414. The molecular weight excluding hydrogens is 295 g/mol. The number of hydrogen-bond acceptors (Lipinski definition) is 2. The lowest BCUT2D eigenvalue weighted by Crippen LogP contribution is -1.90. The molecule has 0 bridgehead atoms. The third-order valence-electron chi connectivity index (χ3n) is 3.16. The van der Waals surface area contributed by atoms with E-state index in [1.54, 1.807) is 19.2 Å². The quantitative estimate of drug-likeness (QED) is 0.590. The van der Waals surface area contributed by atoms with E-state index in [0.29, 0.717) is 0 Å². The molecule has 20 heavy (non-hydrogen) atoms. The molecule has 4 heteroatoms. The lowest BCUT2D eigenvalue weighted by atomic mass is 10.1. The van der Waals surface area contributed by atoms with E-state index in [1.165, 1.54) is 17.4 Å². The average Bonchev–Trinajstić information content (AvgIpc) is 2.89. The molecule has 0 radical (unpaired) electrons. The Bertz CT molecular complexity index is 736. The van der Waals surface area contributed by atoms with Crippen LogP contribution in [0.5, 0.6) is 5.75 Å². The van der Waals surface area contributed by atoms with Gasteiger partial charge in [-0.3, -0.25) is 0 Å². The Morgan fingerprint density at radius 3 is 2.55 bits per heavy atom. The van der Waals surface area contributed by atoms with Crippen molar-refractivity contribution in [2.24, 2.45) is 0 Å². The third kappa shape index (κ3) is 2.51. The molecule has 0 aliphatic rings. The first-order valence-electron chi connectivity index (χ1n) is 6.14. The van der Waals surface area contributed by atoms with Crippen molar-refractivity contribution in [3.8, 4) is 5.75 Å². The first-order chi connectivity index (χ1) is 9.67. The SMILES string of the molecule is COc1ccc(C(Cl)c2cc3ccc(F)cc3s2)cc1. The minimum absolute atomic E-state index is 0.221. The summed E-state index contributed by atoms with van der Waals surface area (Å²) < 4.78 is 19.3. The standard InChI is InChI=1S/C16H12ClFOS/c1-19-13-6-3-10(4-7-13)16(17)15-8-11-2-5-12(18)9-14(11)20-15/h2-9,16H,1H3. The third-order valence-corrected chi connectivity index (χ3v) is 4.94. The second-order valence-electron chi connectivity index (χ2n) is 4.47. The monoisotopic (exact) mass is 306 g/mol. The summed E-state index contributed by atoms with van der Waals surface area (Å²) in [6.07, 6.45) is 0. The van der Waals surface area contributed by atoms with E-state index in [4.69, 9.17) is 16.3 Å². The smallest absolute Gasteiger partial charge is 0.124 e. The van der Waals surface area contributed by atoms with Crippen LogP contribution in [0, 0.1) is 5.82 Å². The highest BCUT2D eigenvalue weighted by molar-refractivity contribution is 7.19. The van der Waals surface area contributed by atoms with Crippen LogP contribution in [0.15, 0.2) is 48.5 Å². The number of methoxy groups -OCH3 is 1. The molecule has 0 aliphatic heterocycles. The van der Waals surface area contributed by atoms with Gasteiger partial charge in [-0.1, -0.05) is 18.2 Å². The van der Waals surface area contributed by atoms with E-state index >= 15 is 0 Å². The van der Waals surface area contributed by atoms with Gasteiger partial charge in [-0.05, 0) is 41.3 Å². The van der Waals surface area contributed by atoms with Gasteiger partial charge in [-0.15, -0.1) is 22.9 Å². The van der Waals surface area contributed by atoms with Crippen molar-refractivity contribution in [3.05, 3.63) is 64.8 Å². The van der Waals surface area contributed by atoms with E-state index in [1.807, 2.05) is 30.3 Å². The van der Waals surface area contributed by atoms with Gasteiger partial charge in [0.2, 0.25) is 0 Å². The van der Waals surface area contributed by atoms with Crippen LogP contribution in [0.3, 0.4) is 0 Å². The molecular formula is C16H12ClFOS. The molecule has 3 rings (SSSR count). The number of hydrogen-bond donors (Lipinski definition) is 0. The average molecular weight is 307 g/mol. The zero-order chi connectivity index (χ0) is 14.1. The Balaban J connectivity index is 1.96. The summed E-state index contributed by atoms with van der Waals surface area (Å²) in [6.45, 7) is 0. The summed E-state index contributed by atoms with van der Waals surface area (Å²) in [5.41, 5.74) is 1.000. The number of fused-ring (bicyclic) bond motifs is 1. The van der Waals surface area contributed by atoms with Gasteiger partial charge in [0.15, 0.2) is 0 Å². The maximum atomic E-state index is 13.2. The Morgan fingerprint density at radius 2 is 1.85 bits per heavy atom. The molecule has 0 spiro atoms. The van der Waals surface area contributed by atoms with Gasteiger partial charge in [0, 0.05) is 9.58 Å². The van der Waals surface area contributed by atoms with Crippen molar-refractivity contribution < 1.29 is 9.13 Å². The molecule has 0 saturated heterocycles. The van der Waals surface area contributed by atoms with Crippen LogP contribution >= 0.6 is 22.9 Å². The Morgan fingerprint density at radius 1 is 1.10 bits per heavy atom. The number of halogens is 2. The van der Waals surface area contributed by atoms with Gasteiger partial charge in [-0.25, -0.2) is 4.39 Å². The molecule has 3 aromatic rings. The molecule has 1 unspecified atom stereocenters. The van der Waals surface area contributed by atoms with Crippen LogP contribution in [-0.4, -0.2) is 7.11 Å². The summed E-state index contributed by atoms with van der Waals surface area (Å²) in [5.74, 6) is 0.581. The molecule has 0 aliphatic carbocycles. The van der Waals surface area contributed by atoms with Crippen LogP contribution in [0.4, 0.5) is 4.39 Å². The minimum Gasteiger partial charge on any atom is -0.497 e. The number of thiophene rings is 1. The number of rotatable bonds is 3. The fourth-order valence-corrected chi connectivity index (χ4v) is 3.53. The van der Waals surface area contributed by atoms with Gasteiger partial charge < -0.3 is 4.74 Å². The van der Waals surface area contributed by atoms with E-state index in [9.17, 15) is 4.39 Å². The van der Waals surface area contributed by atoms with Crippen molar-refractivity contribution in [2.45, 2.75) is 5.38 Å². The van der Waals surface area contributed by atoms with Crippen LogP contribution in [0.1, 0.15) is 15.8 Å². The summed E-state index contributed by atoms with van der Waals surface area (Å²) in [7, 11) is 1.63. The predicted molar refractivity (Wildman–Crippen MR) is 82.5 cm³/mol. The largest absolute Gasteiger partial charge is 0.497 e. The molecule has 102 valence electrons. The number of alkyl halides is 1. The number of benzene rings is 2. The summed E-state index contributed by atoms with van der Waals surface area (Å²) in [6, 6.07) is 14.5. The van der Waals surface area contributed by atoms with E-state index in [0.717, 1.165) is 26.3 Å². The maximum absolute atomic E-state index is 13.2. The molecule has 1 heterocycles. The van der Waals surface area contributed by atoms with E-state index < -0.39 is 0 Å². The summed E-state index contributed by atoms with van der Waals surface area (Å²) in [4.78, 5) is 1.01. The predicted octanol–water partition coefficient (Wildman–Crippen LogP) is 5.38. The Kier molecular flexibility index (Phi) is 3.64.